The second-order valence-electron chi connectivity index (χ2n) is 3.96. The van der Waals surface area contributed by atoms with Gasteiger partial charge in [0.15, 0.2) is 5.75 Å². The van der Waals surface area contributed by atoms with Crippen molar-refractivity contribution in [1.29, 1.82) is 0 Å². The summed E-state index contributed by atoms with van der Waals surface area (Å²) in [7, 11) is 3.04. The third-order valence-corrected chi connectivity index (χ3v) is 2.85. The highest BCUT2D eigenvalue weighted by molar-refractivity contribution is 5.50. The number of nitro groups is 1. The predicted molar refractivity (Wildman–Crippen MR) is 61.9 cm³/mol. The normalized spacial score (nSPS) is 16.6. The number of methoxy groups -OCH3 is 2. The predicted octanol–water partition coefficient (Wildman–Crippen LogP) is 2.66. The van der Waals surface area contributed by atoms with Crippen LogP contribution in [0.5, 0.6) is 5.75 Å². The number of nitrogens with zero attached hydrogens (tertiary/aromatic N) is 1. The number of hydrogen-bond donors (Lipinski definition) is 0. The lowest BCUT2D eigenvalue weighted by atomic mass is 10.0. The summed E-state index contributed by atoms with van der Waals surface area (Å²) in [6, 6.07) is 4.95. The molecule has 0 aromatic heterocycles. The summed E-state index contributed by atoms with van der Waals surface area (Å²) < 4.78 is 10.3. The fourth-order valence-corrected chi connectivity index (χ4v) is 1.89. The van der Waals surface area contributed by atoms with Gasteiger partial charge < -0.3 is 9.47 Å². The van der Waals surface area contributed by atoms with E-state index in [2.05, 4.69) is 0 Å². The van der Waals surface area contributed by atoms with Crippen LogP contribution in [0.3, 0.4) is 0 Å². The molecule has 0 spiro atoms. The van der Waals surface area contributed by atoms with E-state index in [1.54, 1.807) is 13.2 Å². The largest absolute Gasteiger partial charge is 0.490 e. The topological polar surface area (TPSA) is 61.6 Å². The Morgan fingerprint density at radius 1 is 1.35 bits per heavy atom. The summed E-state index contributed by atoms with van der Waals surface area (Å²) in [5.41, 5.74) is 0.792. The van der Waals surface area contributed by atoms with Gasteiger partial charge in [0.05, 0.1) is 18.1 Å². The minimum Gasteiger partial charge on any atom is -0.490 e. The molecular formula is C12H14NO4. The molecule has 17 heavy (non-hydrogen) atoms. The van der Waals surface area contributed by atoms with Gasteiger partial charge in [-0.1, -0.05) is 6.07 Å². The molecule has 1 saturated carbocycles. The number of ether oxygens (including phenoxy) is 2. The van der Waals surface area contributed by atoms with Crippen LogP contribution in [0.2, 0.25) is 0 Å². The third-order valence-electron chi connectivity index (χ3n) is 2.85. The Kier molecular flexibility index (Phi) is 3.28. The zero-order valence-electron chi connectivity index (χ0n) is 9.80. The van der Waals surface area contributed by atoms with Crippen LogP contribution in [0.15, 0.2) is 18.2 Å². The molecular weight excluding hydrogens is 222 g/mol. The van der Waals surface area contributed by atoms with Gasteiger partial charge in [-0.25, -0.2) is 0 Å². The Bertz CT molecular complexity index is 429. The molecule has 5 heteroatoms. The molecule has 2 rings (SSSR count). The molecule has 91 valence electrons. The van der Waals surface area contributed by atoms with E-state index in [0.29, 0.717) is 0 Å². The summed E-state index contributed by atoms with van der Waals surface area (Å²) in [5.74, 6) is 1.56. The van der Waals surface area contributed by atoms with Crippen LogP contribution in [0.25, 0.3) is 0 Å². The van der Waals surface area contributed by atoms with E-state index in [1.807, 2.05) is 6.07 Å². The molecule has 1 fully saturated rings. The fraction of sp³-hybridized carbons (Fsp3) is 0.417. The molecule has 0 aliphatic heterocycles. The highest BCUT2D eigenvalue weighted by Crippen LogP contribution is 2.46. The molecule has 1 unspecified atom stereocenters. The monoisotopic (exact) mass is 236 g/mol. The first-order valence-electron chi connectivity index (χ1n) is 5.37. The molecule has 1 aliphatic rings. The van der Waals surface area contributed by atoms with Gasteiger partial charge in [0.1, 0.15) is 0 Å². The van der Waals surface area contributed by atoms with Gasteiger partial charge in [-0.2, -0.15) is 0 Å². The lowest BCUT2D eigenvalue weighted by molar-refractivity contribution is -0.385. The molecule has 0 heterocycles. The van der Waals surface area contributed by atoms with Crippen LogP contribution in [-0.4, -0.2) is 19.1 Å². The van der Waals surface area contributed by atoms with E-state index in [1.165, 1.54) is 19.1 Å². The van der Waals surface area contributed by atoms with Gasteiger partial charge in [-0.15, -0.1) is 0 Å². The van der Waals surface area contributed by atoms with Crippen molar-refractivity contribution >= 4 is 5.69 Å². The number of benzene rings is 1. The molecule has 1 aliphatic carbocycles. The number of hydrogen-bond acceptors (Lipinski definition) is 4. The van der Waals surface area contributed by atoms with E-state index in [-0.39, 0.29) is 17.5 Å². The van der Waals surface area contributed by atoms with E-state index < -0.39 is 4.92 Å². The molecule has 0 saturated heterocycles. The Morgan fingerprint density at radius 2 is 2.06 bits per heavy atom. The second-order valence-corrected chi connectivity index (χ2v) is 3.96. The van der Waals surface area contributed by atoms with E-state index in [9.17, 15) is 10.1 Å². The molecule has 5 nitrogen and oxygen atoms in total. The standard InChI is InChI=1S/C12H14NO4/c1-16-11-6-5-9(7-10(11)13(14)15)12(17-2)8-3-4-8/h5-7,12H,3-4H2,1-2H3. The van der Waals surface area contributed by atoms with Crippen molar-refractivity contribution in [2.75, 3.05) is 14.2 Å². The smallest absolute Gasteiger partial charge is 0.311 e. The molecule has 1 radical (unpaired) electrons. The summed E-state index contributed by atoms with van der Waals surface area (Å²) in [5, 5.41) is 10.9. The van der Waals surface area contributed by atoms with Gasteiger partial charge in [0, 0.05) is 19.1 Å². The maximum atomic E-state index is 10.9. The summed E-state index contributed by atoms with van der Waals surface area (Å²) in [6.07, 6.45) is 1.95. The van der Waals surface area contributed by atoms with Crippen LogP contribution in [0.1, 0.15) is 24.5 Å². The molecule has 0 N–H and O–H groups in total. The minimum absolute atomic E-state index is 0.0201. The average Bonchev–Trinajstić information content (AvgIpc) is 3.14. The quantitative estimate of drug-likeness (QED) is 0.582. The highest BCUT2D eigenvalue weighted by atomic mass is 16.6. The van der Waals surface area contributed by atoms with Crippen LogP contribution in [0, 0.1) is 16.0 Å². The van der Waals surface area contributed by atoms with Crippen molar-refractivity contribution in [2.24, 2.45) is 0 Å². The summed E-state index contributed by atoms with van der Waals surface area (Å²) in [4.78, 5) is 10.5. The molecule has 0 bridgehead atoms. The van der Waals surface area contributed by atoms with Gasteiger partial charge in [-0.05, 0) is 24.5 Å². The first-order valence-corrected chi connectivity index (χ1v) is 5.37. The van der Waals surface area contributed by atoms with E-state index in [0.717, 1.165) is 18.4 Å². The maximum absolute atomic E-state index is 10.9. The highest BCUT2D eigenvalue weighted by Gasteiger charge is 2.34. The van der Waals surface area contributed by atoms with Crippen LogP contribution in [0.4, 0.5) is 5.69 Å². The average molecular weight is 236 g/mol. The van der Waals surface area contributed by atoms with Crippen LogP contribution in [-0.2, 0) is 4.74 Å². The van der Waals surface area contributed by atoms with Crippen LogP contribution >= 0.6 is 0 Å². The number of rotatable bonds is 5. The van der Waals surface area contributed by atoms with Crippen molar-refractivity contribution in [3.05, 3.63) is 39.8 Å². The lowest BCUT2D eigenvalue weighted by Crippen LogP contribution is -2.04. The first kappa shape index (κ1) is 11.9. The Balaban J connectivity index is 2.35. The van der Waals surface area contributed by atoms with Crippen molar-refractivity contribution < 1.29 is 14.4 Å². The SMILES string of the molecule is COc1ccc(C(OC)[C]2CC2)cc1[N+](=O)[O-]. The van der Waals surface area contributed by atoms with Gasteiger partial charge in [0.25, 0.3) is 0 Å². The lowest BCUT2D eigenvalue weighted by Gasteiger charge is -2.14. The summed E-state index contributed by atoms with van der Waals surface area (Å²) >= 11 is 0. The zero-order chi connectivity index (χ0) is 12.4. The molecule has 1 aromatic carbocycles. The van der Waals surface area contributed by atoms with Gasteiger partial charge in [-0.3, -0.25) is 10.1 Å². The maximum Gasteiger partial charge on any atom is 0.311 e. The zero-order valence-corrected chi connectivity index (χ0v) is 9.80. The van der Waals surface area contributed by atoms with Gasteiger partial charge >= 0.3 is 5.69 Å². The van der Waals surface area contributed by atoms with Gasteiger partial charge in [0.2, 0.25) is 0 Å². The summed E-state index contributed by atoms with van der Waals surface area (Å²) in [6.45, 7) is 0. The van der Waals surface area contributed by atoms with Crippen molar-refractivity contribution in [3.8, 4) is 5.75 Å². The Hall–Kier alpha value is -1.62. The Labute approximate surface area is 99.5 Å². The first-order chi connectivity index (χ1) is 8.17. The molecule has 1 atom stereocenters. The number of nitro benzene ring substituents is 1. The fourth-order valence-electron chi connectivity index (χ4n) is 1.89. The Morgan fingerprint density at radius 3 is 2.53 bits per heavy atom. The van der Waals surface area contributed by atoms with Crippen molar-refractivity contribution in [3.63, 3.8) is 0 Å². The molecule has 1 aromatic rings. The molecule has 0 amide bonds. The van der Waals surface area contributed by atoms with Crippen molar-refractivity contribution in [1.82, 2.24) is 0 Å². The van der Waals surface area contributed by atoms with Crippen LogP contribution < -0.4 is 4.74 Å². The van der Waals surface area contributed by atoms with E-state index in [4.69, 9.17) is 9.47 Å². The minimum atomic E-state index is -0.438. The third kappa shape index (κ3) is 2.39. The van der Waals surface area contributed by atoms with E-state index >= 15 is 0 Å². The second kappa shape index (κ2) is 4.71. The van der Waals surface area contributed by atoms with Crippen molar-refractivity contribution in [2.45, 2.75) is 18.9 Å².